The molecule has 0 aromatic heterocycles. The van der Waals surface area contributed by atoms with E-state index in [2.05, 4.69) is 24.3 Å². The number of carbonyl (C=O) groups is 2. The lowest BCUT2D eigenvalue weighted by atomic mass is 9.71. The van der Waals surface area contributed by atoms with Crippen LogP contribution in [0, 0.1) is 5.41 Å². The van der Waals surface area contributed by atoms with E-state index in [-0.39, 0.29) is 17.6 Å². The third kappa shape index (κ3) is 5.23. The van der Waals surface area contributed by atoms with Crippen LogP contribution in [0.1, 0.15) is 57.6 Å². The van der Waals surface area contributed by atoms with Gasteiger partial charge in [0.2, 0.25) is 5.91 Å². The molecule has 0 N–H and O–H groups in total. The average Bonchev–Trinajstić information content (AvgIpc) is 2.48. The maximum Gasteiger partial charge on any atom is 0.222 e. The molecule has 3 nitrogen and oxygen atoms in total. The molecule has 0 bridgehead atoms. The van der Waals surface area contributed by atoms with Gasteiger partial charge in [0.1, 0.15) is 5.78 Å². The van der Waals surface area contributed by atoms with E-state index in [1.165, 1.54) is 5.56 Å². The molecular formula is C20H29NO2S. The second kappa shape index (κ2) is 8.52. The first-order valence-electron chi connectivity index (χ1n) is 8.37. The van der Waals surface area contributed by atoms with Crippen molar-refractivity contribution < 1.29 is 9.59 Å². The van der Waals surface area contributed by atoms with Crippen LogP contribution in [0.2, 0.25) is 0 Å². The predicted molar refractivity (Wildman–Crippen MR) is 104 cm³/mol. The number of hydrogen-bond acceptors (Lipinski definition) is 3. The lowest BCUT2D eigenvalue weighted by Crippen LogP contribution is -2.33. The van der Waals surface area contributed by atoms with Crippen molar-refractivity contribution in [2.24, 2.45) is 5.41 Å². The molecule has 1 aromatic carbocycles. The van der Waals surface area contributed by atoms with E-state index in [0.29, 0.717) is 6.42 Å². The molecule has 0 saturated carbocycles. The van der Waals surface area contributed by atoms with Gasteiger partial charge in [-0.3, -0.25) is 9.59 Å². The number of aryl methyl sites for hydroxylation is 1. The van der Waals surface area contributed by atoms with E-state index < -0.39 is 5.41 Å². The summed E-state index contributed by atoms with van der Waals surface area (Å²) in [6, 6.07) is 8.29. The number of benzene rings is 1. The van der Waals surface area contributed by atoms with E-state index in [1.807, 2.05) is 20.8 Å². The van der Waals surface area contributed by atoms with Gasteiger partial charge in [-0.1, -0.05) is 50.3 Å². The van der Waals surface area contributed by atoms with Crippen LogP contribution in [-0.2, 0) is 16.0 Å². The summed E-state index contributed by atoms with van der Waals surface area (Å²) in [5.74, 6) is 0.239. The van der Waals surface area contributed by atoms with Crippen molar-refractivity contribution in [1.82, 2.24) is 4.90 Å². The van der Waals surface area contributed by atoms with Crippen LogP contribution in [0.25, 0.3) is 0 Å². The molecule has 132 valence electrons. The molecule has 0 fully saturated rings. The molecular weight excluding hydrogens is 318 g/mol. The zero-order valence-corrected chi connectivity index (χ0v) is 16.5. The molecule has 1 atom stereocenters. The molecule has 0 aliphatic heterocycles. The lowest BCUT2D eigenvalue weighted by Gasteiger charge is -2.32. The first-order chi connectivity index (χ1) is 11.1. The second-order valence-electron chi connectivity index (χ2n) is 7.20. The summed E-state index contributed by atoms with van der Waals surface area (Å²) in [4.78, 5) is 26.1. The zero-order valence-electron chi connectivity index (χ0n) is 15.7. The molecule has 1 amide bonds. The minimum absolute atomic E-state index is 0.0608. The van der Waals surface area contributed by atoms with Gasteiger partial charge in [0.15, 0.2) is 0 Å². The monoisotopic (exact) mass is 347 g/mol. The molecule has 1 rings (SSSR count). The van der Waals surface area contributed by atoms with Gasteiger partial charge in [-0.15, -0.1) is 0 Å². The van der Waals surface area contributed by atoms with Crippen LogP contribution in [0.3, 0.4) is 0 Å². The van der Waals surface area contributed by atoms with Crippen molar-refractivity contribution >= 4 is 28.8 Å². The van der Waals surface area contributed by atoms with E-state index in [9.17, 15) is 9.59 Å². The largest absolute Gasteiger partial charge is 0.349 e. The first kappa shape index (κ1) is 20.5. The minimum atomic E-state index is -0.508. The van der Waals surface area contributed by atoms with Crippen LogP contribution in [0.5, 0.6) is 0 Å². The first-order valence-corrected chi connectivity index (χ1v) is 8.78. The molecule has 0 aliphatic carbocycles. The SMILES string of the molecule is CC(=O)C(C)(C)C(C(C)=S)c1ccc(CCCC(=O)N(C)C)cc1. The van der Waals surface area contributed by atoms with Gasteiger partial charge >= 0.3 is 0 Å². The Hall–Kier alpha value is -1.55. The lowest BCUT2D eigenvalue weighted by molar-refractivity contribution is -0.128. The van der Waals surface area contributed by atoms with Gasteiger partial charge in [0.05, 0.1) is 0 Å². The maximum atomic E-state index is 12.0. The number of carbonyl (C=O) groups excluding carboxylic acids is 2. The van der Waals surface area contributed by atoms with Crippen molar-refractivity contribution in [2.75, 3.05) is 14.1 Å². The Kier molecular flexibility index (Phi) is 7.27. The number of Topliss-reactive ketones (excluding diaryl/α,β-unsaturated/α-hetero) is 1. The van der Waals surface area contributed by atoms with E-state index in [1.54, 1.807) is 25.9 Å². The second-order valence-corrected chi connectivity index (χ2v) is 7.85. The van der Waals surface area contributed by atoms with Crippen LogP contribution in [-0.4, -0.2) is 35.6 Å². The van der Waals surface area contributed by atoms with Crippen molar-refractivity contribution in [3.63, 3.8) is 0 Å². The Morgan fingerprint density at radius 1 is 1.12 bits per heavy atom. The number of rotatable bonds is 8. The fraction of sp³-hybridized carbons (Fsp3) is 0.550. The number of ketones is 1. The van der Waals surface area contributed by atoms with Gasteiger partial charge in [-0.05, 0) is 42.7 Å². The van der Waals surface area contributed by atoms with Gasteiger partial charge in [-0.2, -0.15) is 0 Å². The summed E-state index contributed by atoms with van der Waals surface area (Å²) in [5.41, 5.74) is 1.77. The van der Waals surface area contributed by atoms with E-state index in [0.717, 1.165) is 23.3 Å². The number of thiocarbonyl (C=S) groups is 1. The van der Waals surface area contributed by atoms with Crippen molar-refractivity contribution in [3.05, 3.63) is 35.4 Å². The fourth-order valence-corrected chi connectivity index (χ4v) is 3.34. The minimum Gasteiger partial charge on any atom is -0.349 e. The van der Waals surface area contributed by atoms with E-state index in [4.69, 9.17) is 12.2 Å². The third-order valence-electron chi connectivity index (χ3n) is 4.70. The molecule has 24 heavy (non-hydrogen) atoms. The Labute approximate surface area is 151 Å². The number of amides is 1. The standard InChI is InChI=1S/C20H29NO2S/c1-14(24)19(20(3,4)15(2)22)17-12-10-16(11-13-17)8-7-9-18(23)21(5)6/h10-13,19H,7-9H2,1-6H3. The van der Waals surface area contributed by atoms with Crippen molar-refractivity contribution in [1.29, 1.82) is 0 Å². The molecule has 0 saturated heterocycles. The molecule has 0 heterocycles. The van der Waals surface area contributed by atoms with Crippen LogP contribution >= 0.6 is 12.2 Å². The smallest absolute Gasteiger partial charge is 0.222 e. The summed E-state index contributed by atoms with van der Waals surface area (Å²) in [6.07, 6.45) is 2.27. The van der Waals surface area contributed by atoms with Crippen LogP contribution in [0.4, 0.5) is 0 Å². The molecule has 0 aliphatic rings. The molecule has 0 spiro atoms. The Morgan fingerprint density at radius 3 is 2.08 bits per heavy atom. The normalized spacial score (nSPS) is 12.6. The molecule has 0 radical (unpaired) electrons. The molecule has 1 unspecified atom stereocenters. The quantitative estimate of drug-likeness (QED) is 0.662. The van der Waals surface area contributed by atoms with Crippen molar-refractivity contribution in [2.45, 2.75) is 52.9 Å². The van der Waals surface area contributed by atoms with Gasteiger partial charge in [0.25, 0.3) is 0 Å². The van der Waals surface area contributed by atoms with Crippen LogP contribution in [0.15, 0.2) is 24.3 Å². The highest BCUT2D eigenvalue weighted by molar-refractivity contribution is 7.80. The topological polar surface area (TPSA) is 37.4 Å². The van der Waals surface area contributed by atoms with Gasteiger partial charge in [-0.25, -0.2) is 0 Å². The van der Waals surface area contributed by atoms with Crippen molar-refractivity contribution in [3.8, 4) is 0 Å². The third-order valence-corrected chi connectivity index (χ3v) is 4.94. The number of hydrogen-bond donors (Lipinski definition) is 0. The average molecular weight is 348 g/mol. The summed E-state index contributed by atoms with van der Waals surface area (Å²) >= 11 is 5.43. The van der Waals surface area contributed by atoms with E-state index >= 15 is 0 Å². The number of nitrogens with zero attached hydrogens (tertiary/aromatic N) is 1. The highest BCUT2D eigenvalue weighted by atomic mass is 32.1. The summed E-state index contributed by atoms with van der Waals surface area (Å²) < 4.78 is 0. The molecule has 1 aromatic rings. The zero-order chi connectivity index (χ0) is 18.5. The summed E-state index contributed by atoms with van der Waals surface area (Å²) in [6.45, 7) is 7.44. The van der Waals surface area contributed by atoms with Gasteiger partial charge in [0, 0.05) is 31.8 Å². The van der Waals surface area contributed by atoms with Crippen LogP contribution < -0.4 is 0 Å². The Bertz CT molecular complexity index is 603. The fourth-order valence-electron chi connectivity index (χ4n) is 2.91. The predicted octanol–water partition coefficient (Wildman–Crippen LogP) is 4.19. The highest BCUT2D eigenvalue weighted by Gasteiger charge is 2.36. The summed E-state index contributed by atoms with van der Waals surface area (Å²) in [5, 5.41) is 0. The maximum absolute atomic E-state index is 12.0. The Morgan fingerprint density at radius 2 is 1.67 bits per heavy atom. The molecule has 4 heteroatoms. The summed E-state index contributed by atoms with van der Waals surface area (Å²) in [7, 11) is 3.56. The Balaban J connectivity index is 2.83. The highest BCUT2D eigenvalue weighted by Crippen LogP contribution is 2.37. The van der Waals surface area contributed by atoms with Gasteiger partial charge < -0.3 is 4.90 Å².